The first-order chi connectivity index (χ1) is 14.9. The number of nitrogens with one attached hydrogen (secondary N) is 1. The van der Waals surface area contributed by atoms with Crippen LogP contribution in [-0.4, -0.2) is 12.5 Å². The minimum atomic E-state index is -0.392. The molecule has 1 amide bonds. The van der Waals surface area contributed by atoms with Gasteiger partial charge in [-0.25, -0.2) is 0 Å². The summed E-state index contributed by atoms with van der Waals surface area (Å²) in [5, 5.41) is 3.56. The fourth-order valence-electron chi connectivity index (χ4n) is 3.48. The highest BCUT2D eigenvalue weighted by atomic mass is 35.5. The molecule has 0 fully saturated rings. The minimum absolute atomic E-state index is 0.0456. The number of hydrogen-bond donors (Lipinski definition) is 1. The lowest BCUT2D eigenvalue weighted by atomic mass is 10.0. The number of fused-ring (bicyclic) bond motifs is 1. The van der Waals surface area contributed by atoms with E-state index >= 15 is 0 Å². The lowest BCUT2D eigenvalue weighted by molar-refractivity contribution is -0.118. The van der Waals surface area contributed by atoms with Gasteiger partial charge in [0, 0.05) is 11.3 Å². The zero-order valence-electron chi connectivity index (χ0n) is 17.1. The quantitative estimate of drug-likeness (QED) is 0.435. The topological polar surface area (TPSA) is 68.5 Å². The number of para-hydroxylation sites is 1. The Morgan fingerprint density at radius 1 is 1.03 bits per heavy atom. The van der Waals surface area contributed by atoms with Crippen molar-refractivity contribution in [1.82, 2.24) is 0 Å². The van der Waals surface area contributed by atoms with E-state index in [1.54, 1.807) is 42.5 Å². The number of hydrogen-bond acceptors (Lipinski definition) is 4. The number of halogens is 1. The second kappa shape index (κ2) is 8.66. The van der Waals surface area contributed by atoms with Crippen LogP contribution in [0.5, 0.6) is 5.75 Å². The van der Waals surface area contributed by atoms with Crippen LogP contribution in [0, 0.1) is 13.8 Å². The fourth-order valence-corrected chi connectivity index (χ4v) is 3.70. The molecule has 4 aromatic rings. The van der Waals surface area contributed by atoms with E-state index in [-0.39, 0.29) is 23.5 Å². The van der Waals surface area contributed by atoms with Gasteiger partial charge in [-0.05, 0) is 55.3 Å². The summed E-state index contributed by atoms with van der Waals surface area (Å²) in [4.78, 5) is 25.8. The van der Waals surface area contributed by atoms with Crippen molar-refractivity contribution in [2.24, 2.45) is 0 Å². The average molecular weight is 434 g/mol. The Morgan fingerprint density at radius 2 is 1.74 bits per heavy atom. The summed E-state index contributed by atoms with van der Waals surface area (Å²) >= 11 is 6.37. The smallest absolute Gasteiger partial charge is 0.262 e. The second-order valence-corrected chi connectivity index (χ2v) is 7.63. The van der Waals surface area contributed by atoms with Crippen molar-refractivity contribution in [3.8, 4) is 17.1 Å². The Morgan fingerprint density at radius 3 is 2.48 bits per heavy atom. The first-order valence-corrected chi connectivity index (χ1v) is 10.1. The molecule has 1 heterocycles. The summed E-state index contributed by atoms with van der Waals surface area (Å²) in [7, 11) is 0. The van der Waals surface area contributed by atoms with Crippen molar-refractivity contribution in [2.75, 3.05) is 11.9 Å². The number of anilines is 1. The number of rotatable bonds is 5. The predicted molar refractivity (Wildman–Crippen MR) is 123 cm³/mol. The molecule has 4 rings (SSSR count). The van der Waals surface area contributed by atoms with E-state index in [0.29, 0.717) is 27.2 Å². The fraction of sp³-hybridized carbons (Fsp3) is 0.120. The van der Waals surface area contributed by atoms with E-state index in [0.717, 1.165) is 11.1 Å². The standard InChI is InChI=1S/C25H20ClNO4/c1-15-12-16(2)22-20(13-15)31-24(18-10-6-7-11-19(18)26)25(23(22)29)30-14-21(28)27-17-8-4-3-5-9-17/h3-13H,14H2,1-2H3,(H,27,28). The largest absolute Gasteiger partial charge is 0.476 e. The van der Waals surface area contributed by atoms with Crippen LogP contribution in [0.2, 0.25) is 5.02 Å². The van der Waals surface area contributed by atoms with Gasteiger partial charge in [0.15, 0.2) is 12.4 Å². The van der Waals surface area contributed by atoms with Crippen molar-refractivity contribution < 1.29 is 13.9 Å². The number of amides is 1. The lowest BCUT2D eigenvalue weighted by Gasteiger charge is -2.14. The van der Waals surface area contributed by atoms with Crippen LogP contribution < -0.4 is 15.5 Å². The number of carbonyl (C=O) groups excluding carboxylic acids is 1. The van der Waals surface area contributed by atoms with Crippen molar-refractivity contribution in [3.05, 3.63) is 93.1 Å². The molecule has 0 radical (unpaired) electrons. The molecule has 156 valence electrons. The van der Waals surface area contributed by atoms with Crippen molar-refractivity contribution in [2.45, 2.75) is 13.8 Å². The molecule has 0 unspecified atom stereocenters. The average Bonchev–Trinajstić information content (AvgIpc) is 2.73. The number of carbonyl (C=O) groups is 1. The highest BCUT2D eigenvalue weighted by molar-refractivity contribution is 6.33. The molecule has 1 N–H and O–H groups in total. The molecule has 0 bridgehead atoms. The minimum Gasteiger partial charge on any atom is -0.476 e. The first-order valence-electron chi connectivity index (χ1n) is 9.74. The maximum absolute atomic E-state index is 13.4. The van der Waals surface area contributed by atoms with Crippen LogP contribution in [-0.2, 0) is 4.79 Å². The first kappa shape index (κ1) is 20.7. The van der Waals surface area contributed by atoms with Crippen LogP contribution >= 0.6 is 11.6 Å². The third kappa shape index (κ3) is 4.32. The Kier molecular flexibility index (Phi) is 5.78. The molecule has 3 aromatic carbocycles. The number of aryl methyl sites for hydroxylation is 2. The van der Waals surface area contributed by atoms with Gasteiger partial charge in [-0.15, -0.1) is 0 Å². The van der Waals surface area contributed by atoms with Gasteiger partial charge in [-0.3, -0.25) is 9.59 Å². The molecular weight excluding hydrogens is 414 g/mol. The molecule has 0 saturated carbocycles. The Labute approximate surface area is 184 Å². The molecule has 31 heavy (non-hydrogen) atoms. The van der Waals surface area contributed by atoms with E-state index in [4.69, 9.17) is 20.8 Å². The van der Waals surface area contributed by atoms with Crippen LogP contribution in [0.25, 0.3) is 22.3 Å². The molecule has 0 aliphatic carbocycles. The molecule has 1 aromatic heterocycles. The monoisotopic (exact) mass is 433 g/mol. The van der Waals surface area contributed by atoms with E-state index in [1.165, 1.54) is 0 Å². The predicted octanol–water partition coefficient (Wildman–Crippen LogP) is 5.75. The van der Waals surface area contributed by atoms with Crippen LogP contribution in [0.15, 0.2) is 75.9 Å². The van der Waals surface area contributed by atoms with Crippen LogP contribution in [0.3, 0.4) is 0 Å². The number of benzene rings is 3. The molecular formula is C25H20ClNO4. The van der Waals surface area contributed by atoms with Gasteiger partial charge in [0.05, 0.1) is 10.4 Å². The summed E-state index contributed by atoms with van der Waals surface area (Å²) in [6.07, 6.45) is 0. The van der Waals surface area contributed by atoms with Gasteiger partial charge in [-0.1, -0.05) is 48.0 Å². The van der Waals surface area contributed by atoms with E-state index in [1.807, 2.05) is 38.1 Å². The molecule has 0 aliphatic heterocycles. The molecule has 0 spiro atoms. The summed E-state index contributed by atoms with van der Waals surface area (Å²) in [5.41, 5.74) is 2.99. The highest BCUT2D eigenvalue weighted by Crippen LogP contribution is 2.36. The van der Waals surface area contributed by atoms with Gasteiger partial charge in [0.1, 0.15) is 5.58 Å². The van der Waals surface area contributed by atoms with E-state index in [9.17, 15) is 9.59 Å². The van der Waals surface area contributed by atoms with Gasteiger partial charge in [0.2, 0.25) is 11.2 Å². The van der Waals surface area contributed by atoms with Gasteiger partial charge < -0.3 is 14.5 Å². The Balaban J connectivity index is 1.78. The third-order valence-corrected chi connectivity index (χ3v) is 5.15. The molecule has 6 heteroatoms. The van der Waals surface area contributed by atoms with Gasteiger partial charge in [0.25, 0.3) is 5.91 Å². The van der Waals surface area contributed by atoms with E-state index in [2.05, 4.69) is 5.32 Å². The normalized spacial score (nSPS) is 10.8. The summed E-state index contributed by atoms with van der Waals surface area (Å²) in [6.45, 7) is 3.42. The van der Waals surface area contributed by atoms with Gasteiger partial charge >= 0.3 is 0 Å². The molecule has 0 aliphatic rings. The third-order valence-electron chi connectivity index (χ3n) is 4.82. The molecule has 0 atom stereocenters. The Bertz CT molecular complexity index is 1330. The van der Waals surface area contributed by atoms with E-state index < -0.39 is 5.91 Å². The second-order valence-electron chi connectivity index (χ2n) is 7.23. The maximum atomic E-state index is 13.4. The SMILES string of the molecule is Cc1cc(C)c2c(=O)c(OCC(=O)Nc3ccccc3)c(-c3ccccc3Cl)oc2c1. The van der Waals surface area contributed by atoms with Crippen molar-refractivity contribution in [1.29, 1.82) is 0 Å². The highest BCUT2D eigenvalue weighted by Gasteiger charge is 2.21. The summed E-state index contributed by atoms with van der Waals surface area (Å²) in [6, 6.07) is 19.7. The molecule has 0 saturated heterocycles. The summed E-state index contributed by atoms with van der Waals surface area (Å²) in [5.74, 6) is -0.243. The van der Waals surface area contributed by atoms with Gasteiger partial charge in [-0.2, -0.15) is 0 Å². The van der Waals surface area contributed by atoms with Crippen LogP contribution in [0.4, 0.5) is 5.69 Å². The zero-order chi connectivity index (χ0) is 22.0. The van der Waals surface area contributed by atoms with Crippen molar-refractivity contribution in [3.63, 3.8) is 0 Å². The number of ether oxygens (including phenoxy) is 1. The van der Waals surface area contributed by atoms with Crippen LogP contribution in [0.1, 0.15) is 11.1 Å². The summed E-state index contributed by atoms with van der Waals surface area (Å²) < 4.78 is 11.8. The van der Waals surface area contributed by atoms with Crippen molar-refractivity contribution >= 4 is 34.2 Å². The maximum Gasteiger partial charge on any atom is 0.262 e. The lowest BCUT2D eigenvalue weighted by Crippen LogP contribution is -2.22. The molecule has 5 nitrogen and oxygen atoms in total. The zero-order valence-corrected chi connectivity index (χ0v) is 17.8. The Hall–Kier alpha value is -3.57.